The number of hydrogen-bond donors (Lipinski definition) is 1. The Morgan fingerprint density at radius 1 is 0.947 bits per heavy atom. The summed E-state index contributed by atoms with van der Waals surface area (Å²) in [4.78, 5) is 44.4. The lowest BCUT2D eigenvalue weighted by molar-refractivity contribution is -0.149. The van der Waals surface area contributed by atoms with Gasteiger partial charge in [-0.15, -0.1) is 0 Å². The number of carbonyl (C=O) groups excluding carboxylic acids is 3. The van der Waals surface area contributed by atoms with Crippen molar-refractivity contribution in [1.29, 1.82) is 0 Å². The zero-order valence-electron chi connectivity index (χ0n) is 23.4. The molecule has 1 saturated heterocycles. The number of nitrogens with one attached hydrogen (secondary N) is 1. The Labute approximate surface area is 226 Å². The van der Waals surface area contributed by atoms with E-state index in [9.17, 15) is 14.4 Å². The monoisotopic (exact) mass is 523 g/mol. The van der Waals surface area contributed by atoms with Gasteiger partial charge in [0.05, 0.1) is 19.3 Å². The molecule has 206 valence electrons. The van der Waals surface area contributed by atoms with Crippen LogP contribution in [-0.2, 0) is 32.2 Å². The molecule has 1 N–H and O–H groups in total. The third-order valence-corrected chi connectivity index (χ3v) is 6.49. The molecule has 0 saturated carbocycles. The molecule has 8 heteroatoms. The zero-order chi connectivity index (χ0) is 27.9. The van der Waals surface area contributed by atoms with Crippen LogP contribution >= 0.6 is 0 Å². The number of nitrogens with zero attached hydrogens (tertiary/aromatic N) is 2. The first kappa shape index (κ1) is 29.2. The minimum absolute atomic E-state index is 0.0383. The van der Waals surface area contributed by atoms with Gasteiger partial charge in [-0.1, -0.05) is 56.3 Å². The molecule has 0 bridgehead atoms. The molecule has 2 aromatic carbocycles. The number of hydrogen-bond acceptors (Lipinski definition) is 5. The number of amides is 3. The highest BCUT2D eigenvalue weighted by Gasteiger charge is 2.38. The van der Waals surface area contributed by atoms with Gasteiger partial charge in [0.25, 0.3) is 0 Å². The fourth-order valence-corrected chi connectivity index (χ4v) is 4.50. The maximum Gasteiger partial charge on any atom is 0.247 e. The smallest absolute Gasteiger partial charge is 0.247 e. The Bertz CT molecular complexity index is 1080. The van der Waals surface area contributed by atoms with Crippen molar-refractivity contribution in [1.82, 2.24) is 15.1 Å². The summed E-state index contributed by atoms with van der Waals surface area (Å²) >= 11 is 0. The van der Waals surface area contributed by atoms with Crippen LogP contribution in [0.1, 0.15) is 52.2 Å². The predicted octanol–water partition coefficient (Wildman–Crippen LogP) is 3.78. The number of ether oxygens (including phenoxy) is 2. The normalized spacial score (nSPS) is 19.5. The summed E-state index contributed by atoms with van der Waals surface area (Å²) < 4.78 is 11.2. The molecule has 1 aliphatic rings. The largest absolute Gasteiger partial charge is 0.497 e. The summed E-state index contributed by atoms with van der Waals surface area (Å²) in [5.74, 6) is -0.248. The van der Waals surface area contributed by atoms with E-state index in [1.165, 1.54) is 0 Å². The van der Waals surface area contributed by atoms with E-state index in [2.05, 4.69) is 5.32 Å². The second kappa shape index (κ2) is 12.9. The first-order chi connectivity index (χ1) is 18.0. The van der Waals surface area contributed by atoms with E-state index in [4.69, 9.17) is 9.47 Å². The zero-order valence-corrected chi connectivity index (χ0v) is 23.4. The van der Waals surface area contributed by atoms with Crippen LogP contribution in [0.25, 0.3) is 0 Å². The number of carbonyl (C=O) groups is 3. The van der Waals surface area contributed by atoms with Crippen LogP contribution in [0.3, 0.4) is 0 Å². The quantitative estimate of drug-likeness (QED) is 0.569. The number of rotatable bonds is 8. The molecule has 2 aromatic rings. The highest BCUT2D eigenvalue weighted by atomic mass is 16.5. The molecule has 38 heavy (non-hydrogen) atoms. The molecule has 1 fully saturated rings. The van der Waals surface area contributed by atoms with Crippen molar-refractivity contribution in [3.05, 3.63) is 65.7 Å². The Hall–Kier alpha value is -3.39. The molecule has 1 unspecified atom stereocenters. The van der Waals surface area contributed by atoms with Gasteiger partial charge in [-0.2, -0.15) is 0 Å². The molecule has 0 radical (unpaired) electrons. The van der Waals surface area contributed by atoms with Crippen LogP contribution in [0.15, 0.2) is 54.6 Å². The maximum atomic E-state index is 13.7. The third-order valence-electron chi connectivity index (χ3n) is 6.49. The summed E-state index contributed by atoms with van der Waals surface area (Å²) in [5.41, 5.74) is 1.35. The highest BCUT2D eigenvalue weighted by Crippen LogP contribution is 2.21. The molecule has 0 aromatic heterocycles. The van der Waals surface area contributed by atoms with Crippen molar-refractivity contribution in [2.75, 3.05) is 20.3 Å². The van der Waals surface area contributed by atoms with Crippen molar-refractivity contribution >= 4 is 17.7 Å². The molecule has 1 heterocycles. The lowest BCUT2D eigenvalue weighted by atomic mass is 9.98. The summed E-state index contributed by atoms with van der Waals surface area (Å²) in [6, 6.07) is 15.5. The van der Waals surface area contributed by atoms with Crippen molar-refractivity contribution in [2.45, 2.75) is 71.8 Å². The summed E-state index contributed by atoms with van der Waals surface area (Å²) in [6.45, 7) is 10.4. The number of benzene rings is 2. The molecule has 3 amide bonds. The Morgan fingerprint density at radius 2 is 1.58 bits per heavy atom. The van der Waals surface area contributed by atoms with Gasteiger partial charge < -0.3 is 24.6 Å². The Morgan fingerprint density at radius 3 is 2.16 bits per heavy atom. The highest BCUT2D eigenvalue weighted by molar-refractivity contribution is 5.93. The molecule has 3 rings (SSSR count). The minimum Gasteiger partial charge on any atom is -0.497 e. The summed E-state index contributed by atoms with van der Waals surface area (Å²) in [5, 5.41) is 2.94. The molecule has 8 nitrogen and oxygen atoms in total. The van der Waals surface area contributed by atoms with Crippen LogP contribution < -0.4 is 10.1 Å². The van der Waals surface area contributed by atoms with E-state index in [1.54, 1.807) is 16.9 Å². The van der Waals surface area contributed by atoms with Gasteiger partial charge in [-0.25, -0.2) is 0 Å². The van der Waals surface area contributed by atoms with Crippen LogP contribution in [0.5, 0.6) is 5.75 Å². The molecule has 0 aliphatic carbocycles. The van der Waals surface area contributed by atoms with Gasteiger partial charge in [-0.3, -0.25) is 14.4 Å². The van der Waals surface area contributed by atoms with Gasteiger partial charge >= 0.3 is 0 Å². The number of methoxy groups -OCH3 is 1. The second-order valence-corrected chi connectivity index (χ2v) is 11.0. The van der Waals surface area contributed by atoms with Crippen LogP contribution in [0, 0.1) is 5.92 Å². The van der Waals surface area contributed by atoms with Gasteiger partial charge in [0.15, 0.2) is 0 Å². The minimum atomic E-state index is -0.872. The average molecular weight is 524 g/mol. The van der Waals surface area contributed by atoms with E-state index in [-0.39, 0.29) is 49.8 Å². The van der Waals surface area contributed by atoms with Gasteiger partial charge in [-0.05, 0) is 49.9 Å². The topological polar surface area (TPSA) is 88.2 Å². The van der Waals surface area contributed by atoms with E-state index < -0.39 is 17.7 Å². The van der Waals surface area contributed by atoms with Crippen molar-refractivity contribution in [3.8, 4) is 5.75 Å². The van der Waals surface area contributed by atoms with E-state index in [1.807, 2.05) is 89.2 Å². The van der Waals surface area contributed by atoms with Crippen LogP contribution in [0.2, 0.25) is 0 Å². The third kappa shape index (κ3) is 8.05. The summed E-state index contributed by atoms with van der Waals surface area (Å²) in [7, 11) is 1.60. The van der Waals surface area contributed by atoms with Gasteiger partial charge in [0, 0.05) is 26.1 Å². The molecule has 1 aliphatic heterocycles. The SMILES string of the molecule is COc1ccc(CN2C(=O)CCN(Cc3ccccc3)C(=O)C(COC(C)(C)C)NC(=O)[C@@H]2C(C)C)cc1. The van der Waals surface area contributed by atoms with E-state index >= 15 is 0 Å². The fourth-order valence-electron chi connectivity index (χ4n) is 4.50. The molecule has 2 atom stereocenters. The summed E-state index contributed by atoms with van der Waals surface area (Å²) in [6.07, 6.45) is 0.109. The maximum absolute atomic E-state index is 13.7. The lowest BCUT2D eigenvalue weighted by Crippen LogP contribution is -2.60. The van der Waals surface area contributed by atoms with E-state index in [0.717, 1.165) is 16.9 Å². The van der Waals surface area contributed by atoms with Crippen LogP contribution in [-0.4, -0.2) is 65.5 Å². The first-order valence-corrected chi connectivity index (χ1v) is 13.2. The first-order valence-electron chi connectivity index (χ1n) is 13.2. The molecular formula is C30H41N3O5. The van der Waals surface area contributed by atoms with Crippen LogP contribution in [0.4, 0.5) is 0 Å². The van der Waals surface area contributed by atoms with E-state index in [0.29, 0.717) is 6.54 Å². The lowest BCUT2D eigenvalue weighted by Gasteiger charge is -2.38. The van der Waals surface area contributed by atoms with Crippen molar-refractivity contribution < 1.29 is 23.9 Å². The van der Waals surface area contributed by atoms with Crippen molar-refractivity contribution in [2.24, 2.45) is 5.92 Å². The molecule has 0 spiro atoms. The standard InChI is InChI=1S/C30H41N3O5/c1-21(2)27-28(35)31-25(20-38-30(3,4)5)29(36)32(18-22-10-8-7-9-11-22)17-16-26(34)33(27)19-23-12-14-24(37-6)15-13-23/h7-15,21,25,27H,16-20H2,1-6H3,(H,31,35)/t25?,27-/m0/s1. The Balaban J connectivity index is 1.95. The van der Waals surface area contributed by atoms with Crippen molar-refractivity contribution in [3.63, 3.8) is 0 Å². The average Bonchev–Trinajstić information content (AvgIpc) is 2.87. The second-order valence-electron chi connectivity index (χ2n) is 11.0. The van der Waals surface area contributed by atoms with Gasteiger partial charge in [0.2, 0.25) is 17.7 Å². The Kier molecular flexibility index (Phi) is 9.91. The molecular weight excluding hydrogens is 482 g/mol. The predicted molar refractivity (Wildman–Crippen MR) is 146 cm³/mol. The fraction of sp³-hybridized carbons (Fsp3) is 0.500. The van der Waals surface area contributed by atoms with Gasteiger partial charge in [0.1, 0.15) is 17.8 Å².